The lowest BCUT2D eigenvalue weighted by atomic mass is 9.90. The van der Waals surface area contributed by atoms with Crippen molar-refractivity contribution in [3.8, 4) is 0 Å². The Morgan fingerprint density at radius 3 is 2.23 bits per heavy atom. The number of rotatable bonds is 12. The van der Waals surface area contributed by atoms with Gasteiger partial charge in [0.25, 0.3) is 0 Å². The van der Waals surface area contributed by atoms with E-state index < -0.39 is 0 Å². The van der Waals surface area contributed by atoms with Gasteiger partial charge in [-0.1, -0.05) is 30.9 Å². The third-order valence-electron chi connectivity index (χ3n) is 6.63. The lowest BCUT2D eigenvalue weighted by molar-refractivity contribution is 0.146. The van der Waals surface area contributed by atoms with Crippen LogP contribution in [0.15, 0.2) is 22.0 Å². The van der Waals surface area contributed by atoms with Crippen LogP contribution in [0.5, 0.6) is 0 Å². The smallest absolute Gasteiger partial charge is 0.180 e. The van der Waals surface area contributed by atoms with Gasteiger partial charge in [-0.25, -0.2) is 0 Å². The van der Waals surface area contributed by atoms with Crippen LogP contribution in [0.2, 0.25) is 0 Å². The predicted molar refractivity (Wildman–Crippen MR) is 97.5 cm³/mol. The predicted octanol–water partition coefficient (Wildman–Crippen LogP) is 3.84. The molecular weight excluding hydrogens is 328 g/mol. The van der Waals surface area contributed by atoms with Gasteiger partial charge in [0.05, 0.1) is 18.8 Å². The van der Waals surface area contributed by atoms with E-state index in [-0.39, 0.29) is 11.5 Å². The fraction of sp³-hybridized carbons (Fsp3) is 0.842. The molecule has 7 heteroatoms. The molecule has 1 aliphatic heterocycles. The summed E-state index contributed by atoms with van der Waals surface area (Å²) in [5, 5.41) is 32.9. The van der Waals surface area contributed by atoms with Crippen molar-refractivity contribution in [3.05, 3.63) is 17.6 Å². The quantitative estimate of drug-likeness (QED) is 0.554. The highest BCUT2D eigenvalue weighted by Crippen LogP contribution is 2.56. The van der Waals surface area contributed by atoms with Crippen molar-refractivity contribution in [1.82, 2.24) is 20.6 Å². The summed E-state index contributed by atoms with van der Waals surface area (Å²) in [6.45, 7) is 0.813. The molecule has 4 rings (SSSR count). The van der Waals surface area contributed by atoms with Crippen molar-refractivity contribution in [2.45, 2.75) is 88.6 Å². The van der Waals surface area contributed by atoms with Gasteiger partial charge in [0.2, 0.25) is 0 Å². The molecular formula is C19H30N6O. The number of H-pyrrole nitrogens is 1. The van der Waals surface area contributed by atoms with E-state index in [1.807, 2.05) is 6.20 Å². The van der Waals surface area contributed by atoms with Gasteiger partial charge in [0.15, 0.2) is 5.82 Å². The van der Waals surface area contributed by atoms with E-state index >= 15 is 0 Å². The Morgan fingerprint density at radius 1 is 1.00 bits per heavy atom. The zero-order valence-electron chi connectivity index (χ0n) is 15.5. The Hall–Kier alpha value is -1.63. The van der Waals surface area contributed by atoms with E-state index in [9.17, 15) is 5.11 Å². The molecule has 0 bridgehead atoms. The first kappa shape index (κ1) is 17.8. The molecule has 2 N–H and O–H groups in total. The average Bonchev–Trinajstić information content (AvgIpc) is 3.45. The molecule has 0 saturated heterocycles. The fourth-order valence-corrected chi connectivity index (χ4v) is 4.41. The lowest BCUT2D eigenvalue weighted by Crippen LogP contribution is -2.11. The Morgan fingerprint density at radius 2 is 1.69 bits per heavy atom. The zero-order chi connectivity index (χ0) is 17.9. The maximum atomic E-state index is 10.3. The molecule has 1 aromatic heterocycles. The molecule has 0 radical (unpaired) electrons. The number of nitrogens with zero attached hydrogens (tertiary/aromatic N) is 5. The first-order chi connectivity index (χ1) is 12.7. The molecule has 7 nitrogen and oxygen atoms in total. The number of nitrogens with one attached hydrogen (secondary N) is 1. The molecule has 0 amide bonds. The van der Waals surface area contributed by atoms with Crippen LogP contribution >= 0.6 is 0 Å². The minimum atomic E-state index is -0.152. The van der Waals surface area contributed by atoms with Crippen LogP contribution in [0.4, 0.5) is 0 Å². The highest BCUT2D eigenvalue weighted by Gasteiger charge is 2.47. The fourth-order valence-electron chi connectivity index (χ4n) is 4.41. The zero-order valence-corrected chi connectivity index (χ0v) is 15.5. The third kappa shape index (κ3) is 4.03. The second-order valence-electron chi connectivity index (χ2n) is 8.51. The van der Waals surface area contributed by atoms with Gasteiger partial charge in [-0.3, -0.25) is 0 Å². The summed E-state index contributed by atoms with van der Waals surface area (Å²) in [4.78, 5) is 0. The van der Waals surface area contributed by atoms with E-state index in [2.05, 4.69) is 30.9 Å². The molecule has 2 saturated carbocycles. The highest BCUT2D eigenvalue weighted by molar-refractivity contribution is 5.24. The summed E-state index contributed by atoms with van der Waals surface area (Å²) in [7, 11) is 0. The minimum Gasteiger partial charge on any atom is -0.393 e. The van der Waals surface area contributed by atoms with E-state index in [1.54, 1.807) is 0 Å². The SMILES string of the molecule is OC(CCCCC1(C2=CN=NC2)CC1)CCCCC1(c2nn[nH]n2)CC1. The Kier molecular flexibility index (Phi) is 5.16. The van der Waals surface area contributed by atoms with E-state index in [0.29, 0.717) is 5.41 Å². The van der Waals surface area contributed by atoms with Crippen LogP contribution in [-0.4, -0.2) is 38.4 Å². The number of azo groups is 1. The molecule has 142 valence electrons. The normalized spacial score (nSPS) is 23.0. The van der Waals surface area contributed by atoms with Crippen molar-refractivity contribution in [3.63, 3.8) is 0 Å². The second-order valence-corrected chi connectivity index (χ2v) is 8.51. The monoisotopic (exact) mass is 358 g/mol. The first-order valence-corrected chi connectivity index (χ1v) is 10.2. The Bertz CT molecular complexity index is 645. The van der Waals surface area contributed by atoms with Crippen molar-refractivity contribution < 1.29 is 5.11 Å². The van der Waals surface area contributed by atoms with Crippen molar-refractivity contribution in [2.75, 3.05) is 6.54 Å². The van der Waals surface area contributed by atoms with Crippen LogP contribution in [0.1, 0.15) is 82.9 Å². The Labute approximate surface area is 154 Å². The molecule has 1 unspecified atom stereocenters. The minimum absolute atomic E-state index is 0.152. The summed E-state index contributed by atoms with van der Waals surface area (Å²) in [5.74, 6) is 0.880. The number of aromatic amines is 1. The summed E-state index contributed by atoms with van der Waals surface area (Å²) in [6.07, 6.45) is 15.5. The largest absolute Gasteiger partial charge is 0.393 e. The number of tetrazole rings is 1. The molecule has 0 aromatic carbocycles. The summed E-state index contributed by atoms with van der Waals surface area (Å²) in [6, 6.07) is 0. The maximum Gasteiger partial charge on any atom is 0.180 e. The van der Waals surface area contributed by atoms with Gasteiger partial charge in [-0.15, -0.1) is 10.2 Å². The summed E-state index contributed by atoms with van der Waals surface area (Å²) >= 11 is 0. The molecule has 0 spiro atoms. The molecule has 2 heterocycles. The number of aliphatic hydroxyl groups is 1. The van der Waals surface area contributed by atoms with Gasteiger partial charge < -0.3 is 5.11 Å². The van der Waals surface area contributed by atoms with E-state index in [1.165, 1.54) is 44.1 Å². The van der Waals surface area contributed by atoms with Crippen LogP contribution < -0.4 is 0 Å². The first-order valence-electron chi connectivity index (χ1n) is 10.2. The van der Waals surface area contributed by atoms with E-state index in [4.69, 9.17) is 0 Å². The van der Waals surface area contributed by atoms with Crippen LogP contribution in [0.3, 0.4) is 0 Å². The van der Waals surface area contributed by atoms with Crippen molar-refractivity contribution >= 4 is 0 Å². The van der Waals surface area contributed by atoms with Gasteiger partial charge in [-0.2, -0.15) is 15.4 Å². The number of aliphatic hydroxyl groups excluding tert-OH is 1. The van der Waals surface area contributed by atoms with Crippen LogP contribution in [0.25, 0.3) is 0 Å². The molecule has 3 aliphatic rings. The van der Waals surface area contributed by atoms with Gasteiger partial charge >= 0.3 is 0 Å². The standard InChI is InChI=1S/C19H30N6O/c26-16(5-1-3-7-18(9-10-18)15-13-20-21-14-15)6-2-4-8-19(11-12-19)17-22-24-25-23-17/h13,16,26H,1-12,14H2,(H,22,23,24,25). The van der Waals surface area contributed by atoms with Crippen molar-refractivity contribution in [1.29, 1.82) is 0 Å². The molecule has 2 fully saturated rings. The number of hydrogen-bond donors (Lipinski definition) is 2. The average molecular weight is 358 g/mol. The van der Waals surface area contributed by atoms with Crippen molar-refractivity contribution in [2.24, 2.45) is 15.6 Å². The van der Waals surface area contributed by atoms with Crippen LogP contribution in [0, 0.1) is 5.41 Å². The molecule has 1 atom stereocenters. The number of aromatic nitrogens is 4. The number of unbranched alkanes of at least 4 members (excludes halogenated alkanes) is 2. The maximum absolute atomic E-state index is 10.3. The van der Waals surface area contributed by atoms with Crippen LogP contribution in [-0.2, 0) is 5.41 Å². The molecule has 26 heavy (non-hydrogen) atoms. The van der Waals surface area contributed by atoms with Gasteiger partial charge in [-0.05, 0) is 62.4 Å². The highest BCUT2D eigenvalue weighted by atomic mass is 16.3. The lowest BCUT2D eigenvalue weighted by Gasteiger charge is -2.16. The van der Waals surface area contributed by atoms with E-state index in [0.717, 1.165) is 50.9 Å². The Balaban J connectivity index is 1.06. The third-order valence-corrected chi connectivity index (χ3v) is 6.63. The number of hydrogen-bond acceptors (Lipinski definition) is 6. The molecule has 1 aromatic rings. The molecule has 2 aliphatic carbocycles. The second kappa shape index (κ2) is 7.55. The summed E-state index contributed by atoms with van der Waals surface area (Å²) in [5.41, 5.74) is 2.04. The summed E-state index contributed by atoms with van der Waals surface area (Å²) < 4.78 is 0. The topological polar surface area (TPSA) is 99.4 Å². The van der Waals surface area contributed by atoms with Gasteiger partial charge in [0.1, 0.15) is 0 Å². The van der Waals surface area contributed by atoms with Gasteiger partial charge in [0, 0.05) is 5.41 Å².